The van der Waals surface area contributed by atoms with Crippen molar-refractivity contribution < 1.29 is 0 Å². The summed E-state index contributed by atoms with van der Waals surface area (Å²) >= 11 is 6.27. The van der Waals surface area contributed by atoms with Gasteiger partial charge in [0.2, 0.25) is 0 Å². The fraction of sp³-hybridized carbons (Fsp3) is 0.500. The van der Waals surface area contributed by atoms with E-state index in [1.54, 1.807) is 6.20 Å². The highest BCUT2D eigenvalue weighted by atomic mass is 127. The van der Waals surface area contributed by atoms with Crippen molar-refractivity contribution in [2.75, 3.05) is 31.1 Å². The van der Waals surface area contributed by atoms with Crippen molar-refractivity contribution in [3.8, 4) is 0 Å². The Hall–Kier alpha value is -1.55. The lowest BCUT2D eigenvalue weighted by atomic mass is 10.2. The van der Waals surface area contributed by atoms with Gasteiger partial charge in [0, 0.05) is 51.7 Å². The van der Waals surface area contributed by atoms with Crippen molar-refractivity contribution in [2.24, 2.45) is 12.0 Å². The summed E-state index contributed by atoms with van der Waals surface area (Å²) in [6, 6.07) is 4.06. The van der Waals surface area contributed by atoms with Gasteiger partial charge in [-0.15, -0.1) is 24.0 Å². The smallest absolute Gasteiger partial charge is 0.191 e. The second-order valence-electron chi connectivity index (χ2n) is 6.42. The Morgan fingerprint density at radius 3 is 3.00 bits per heavy atom. The van der Waals surface area contributed by atoms with E-state index in [2.05, 4.69) is 32.5 Å². The molecule has 2 N–H and O–H groups in total. The Labute approximate surface area is 182 Å². The first-order chi connectivity index (χ1) is 12.7. The van der Waals surface area contributed by atoms with Crippen molar-refractivity contribution >= 4 is 47.4 Å². The average molecular weight is 504 g/mol. The second kappa shape index (κ2) is 10.7. The summed E-state index contributed by atoms with van der Waals surface area (Å²) in [4.78, 5) is 11.3. The van der Waals surface area contributed by atoms with Gasteiger partial charge in [0.15, 0.2) is 5.96 Å². The molecule has 3 heterocycles. The van der Waals surface area contributed by atoms with Crippen molar-refractivity contribution in [3.63, 3.8) is 0 Å². The number of rotatable bonds is 6. The number of pyridine rings is 1. The molecule has 0 radical (unpaired) electrons. The number of hydrogen-bond acceptors (Lipinski definition) is 4. The zero-order chi connectivity index (χ0) is 18.4. The maximum Gasteiger partial charge on any atom is 0.191 e. The number of aliphatic imine (C=N–C) groups is 1. The molecule has 0 aromatic carbocycles. The van der Waals surface area contributed by atoms with E-state index in [0.29, 0.717) is 11.1 Å². The number of aryl methyl sites for hydroxylation is 1. The molecule has 148 valence electrons. The standard InChI is InChI=1S/C18H26ClN7.HI/c1-3-20-18(22-9-6-14-11-23-25(2)12-14)24-15-7-10-26(13-15)17-16(19)5-4-8-21-17;/h4-5,8,11-12,15H,3,6-7,9-10,13H2,1-2H3,(H2,20,22,24);1H. The molecule has 0 aliphatic carbocycles. The molecule has 0 spiro atoms. The summed E-state index contributed by atoms with van der Waals surface area (Å²) in [5.41, 5.74) is 1.20. The third kappa shape index (κ3) is 6.24. The predicted octanol–water partition coefficient (Wildman–Crippen LogP) is 2.46. The maximum absolute atomic E-state index is 6.27. The summed E-state index contributed by atoms with van der Waals surface area (Å²) in [7, 11) is 1.93. The molecule has 3 rings (SSSR count). The fourth-order valence-corrected chi connectivity index (χ4v) is 3.33. The van der Waals surface area contributed by atoms with Crippen LogP contribution >= 0.6 is 35.6 Å². The summed E-state index contributed by atoms with van der Waals surface area (Å²) < 4.78 is 1.82. The van der Waals surface area contributed by atoms with Gasteiger partial charge in [0.05, 0.1) is 11.2 Å². The van der Waals surface area contributed by atoms with E-state index >= 15 is 0 Å². The van der Waals surface area contributed by atoms with Crippen molar-refractivity contribution in [1.82, 2.24) is 25.4 Å². The molecule has 0 amide bonds. The highest BCUT2D eigenvalue weighted by Gasteiger charge is 2.25. The van der Waals surface area contributed by atoms with E-state index < -0.39 is 0 Å². The summed E-state index contributed by atoms with van der Waals surface area (Å²) in [5.74, 6) is 1.72. The van der Waals surface area contributed by atoms with Crippen LogP contribution in [-0.4, -0.2) is 52.9 Å². The van der Waals surface area contributed by atoms with E-state index in [9.17, 15) is 0 Å². The van der Waals surface area contributed by atoms with Gasteiger partial charge in [-0.2, -0.15) is 5.10 Å². The lowest BCUT2D eigenvalue weighted by Gasteiger charge is -2.20. The monoisotopic (exact) mass is 503 g/mol. The highest BCUT2D eigenvalue weighted by Crippen LogP contribution is 2.25. The van der Waals surface area contributed by atoms with Crippen LogP contribution in [0.4, 0.5) is 5.82 Å². The van der Waals surface area contributed by atoms with Crippen LogP contribution in [0.5, 0.6) is 0 Å². The largest absolute Gasteiger partial charge is 0.357 e. The molecular formula is C18H27ClIN7. The fourth-order valence-electron chi connectivity index (χ4n) is 3.09. The molecule has 0 bridgehead atoms. The van der Waals surface area contributed by atoms with Crippen molar-refractivity contribution in [2.45, 2.75) is 25.8 Å². The number of nitrogens with one attached hydrogen (secondary N) is 2. The number of hydrogen-bond donors (Lipinski definition) is 2. The zero-order valence-electron chi connectivity index (χ0n) is 15.7. The molecule has 1 atom stereocenters. The molecule has 0 saturated carbocycles. The first-order valence-corrected chi connectivity index (χ1v) is 9.41. The van der Waals surface area contributed by atoms with Gasteiger partial charge in [-0.3, -0.25) is 9.67 Å². The number of guanidine groups is 1. The molecule has 2 aromatic heterocycles. The zero-order valence-corrected chi connectivity index (χ0v) is 18.8. The van der Waals surface area contributed by atoms with Crippen LogP contribution in [0.2, 0.25) is 5.02 Å². The van der Waals surface area contributed by atoms with Gasteiger partial charge in [0.25, 0.3) is 0 Å². The summed E-state index contributed by atoms with van der Waals surface area (Å²) in [5, 5.41) is 11.7. The number of nitrogens with zero attached hydrogens (tertiary/aromatic N) is 5. The molecule has 1 aliphatic rings. The van der Waals surface area contributed by atoms with E-state index in [1.165, 1.54) is 5.56 Å². The minimum Gasteiger partial charge on any atom is -0.357 e. The van der Waals surface area contributed by atoms with Crippen LogP contribution in [0.3, 0.4) is 0 Å². The van der Waals surface area contributed by atoms with E-state index in [4.69, 9.17) is 16.6 Å². The lowest BCUT2D eigenvalue weighted by Crippen LogP contribution is -2.44. The molecule has 1 fully saturated rings. The number of halogens is 2. The van der Waals surface area contributed by atoms with Crippen LogP contribution in [0.15, 0.2) is 35.7 Å². The van der Waals surface area contributed by atoms with E-state index in [1.807, 2.05) is 36.3 Å². The van der Waals surface area contributed by atoms with Crippen LogP contribution in [0, 0.1) is 0 Å². The lowest BCUT2D eigenvalue weighted by molar-refractivity contribution is 0.648. The maximum atomic E-state index is 6.27. The van der Waals surface area contributed by atoms with Gasteiger partial charge >= 0.3 is 0 Å². The summed E-state index contributed by atoms with van der Waals surface area (Å²) in [6.07, 6.45) is 7.61. The van der Waals surface area contributed by atoms with Crippen LogP contribution < -0.4 is 15.5 Å². The molecule has 2 aromatic rings. The Kier molecular flexibility index (Phi) is 8.62. The predicted molar refractivity (Wildman–Crippen MR) is 121 cm³/mol. The van der Waals surface area contributed by atoms with Crippen molar-refractivity contribution in [3.05, 3.63) is 41.3 Å². The molecular weight excluding hydrogens is 477 g/mol. The molecule has 1 unspecified atom stereocenters. The van der Waals surface area contributed by atoms with E-state index in [0.717, 1.165) is 50.8 Å². The minimum atomic E-state index is 0. The SMILES string of the molecule is CCNC(=NCCc1cnn(C)c1)NC1CCN(c2ncccc2Cl)C1.I. The van der Waals surface area contributed by atoms with Gasteiger partial charge < -0.3 is 15.5 Å². The summed E-state index contributed by atoms with van der Waals surface area (Å²) in [6.45, 7) is 5.44. The van der Waals surface area contributed by atoms with Crippen molar-refractivity contribution in [1.29, 1.82) is 0 Å². The minimum absolute atomic E-state index is 0. The van der Waals surface area contributed by atoms with E-state index in [-0.39, 0.29) is 24.0 Å². The molecule has 1 aliphatic heterocycles. The molecule has 9 heteroatoms. The first-order valence-electron chi connectivity index (χ1n) is 9.03. The third-order valence-corrected chi connectivity index (χ3v) is 4.64. The average Bonchev–Trinajstić information content (AvgIpc) is 3.25. The molecule has 7 nitrogen and oxygen atoms in total. The van der Waals surface area contributed by atoms with Gasteiger partial charge in [0.1, 0.15) is 5.82 Å². The van der Waals surface area contributed by atoms with Crippen LogP contribution in [-0.2, 0) is 13.5 Å². The Morgan fingerprint density at radius 2 is 2.30 bits per heavy atom. The number of anilines is 1. The normalized spacial score (nSPS) is 16.9. The van der Waals surface area contributed by atoms with Gasteiger partial charge in [-0.1, -0.05) is 11.6 Å². The number of aromatic nitrogens is 3. The Morgan fingerprint density at radius 1 is 1.44 bits per heavy atom. The Bertz CT molecular complexity index is 749. The first kappa shape index (κ1) is 21.7. The topological polar surface area (TPSA) is 70.4 Å². The molecule has 27 heavy (non-hydrogen) atoms. The second-order valence-corrected chi connectivity index (χ2v) is 6.82. The van der Waals surface area contributed by atoms with Gasteiger partial charge in [-0.25, -0.2) is 4.98 Å². The third-order valence-electron chi connectivity index (χ3n) is 4.34. The van der Waals surface area contributed by atoms with Gasteiger partial charge in [-0.05, 0) is 37.5 Å². The Balaban J connectivity index is 0.00000261. The van der Waals surface area contributed by atoms with Crippen LogP contribution in [0.1, 0.15) is 18.9 Å². The highest BCUT2D eigenvalue weighted by molar-refractivity contribution is 14.0. The van der Waals surface area contributed by atoms with Crippen LogP contribution in [0.25, 0.3) is 0 Å². The quantitative estimate of drug-likeness (QED) is 0.360. The molecule has 1 saturated heterocycles.